The summed E-state index contributed by atoms with van der Waals surface area (Å²) in [7, 11) is 0. The number of hydrogen-bond donors (Lipinski definition) is 1. The van der Waals surface area contributed by atoms with Crippen LogP contribution in [0.2, 0.25) is 0 Å². The van der Waals surface area contributed by atoms with Gasteiger partial charge in [0.15, 0.2) is 5.60 Å². The second-order valence-electron chi connectivity index (χ2n) is 3.32. The molecule has 2 atom stereocenters. The van der Waals surface area contributed by atoms with Crippen LogP contribution in [0.1, 0.15) is 18.6 Å². The fourth-order valence-electron chi connectivity index (χ4n) is 1.39. The Hall–Kier alpha value is -1.35. The van der Waals surface area contributed by atoms with Crippen LogP contribution < -0.4 is 0 Å². The summed E-state index contributed by atoms with van der Waals surface area (Å²) in [6, 6.07) is 9.39. The fraction of sp³-hybridized carbons (Fsp3) is 0.300. The summed E-state index contributed by atoms with van der Waals surface area (Å²) in [5.41, 5.74) is -0.0890. The molecule has 1 aliphatic heterocycles. The van der Waals surface area contributed by atoms with Gasteiger partial charge in [-0.1, -0.05) is 30.3 Å². The highest BCUT2D eigenvalue weighted by atomic mass is 16.6. The normalized spacial score (nSPS) is 31.3. The van der Waals surface area contributed by atoms with Crippen molar-refractivity contribution in [3.05, 3.63) is 35.9 Å². The Bertz CT molecular complexity index is 333. The van der Waals surface area contributed by atoms with E-state index in [1.54, 1.807) is 6.92 Å². The molecule has 3 nitrogen and oxygen atoms in total. The van der Waals surface area contributed by atoms with Gasteiger partial charge in [-0.2, -0.15) is 0 Å². The second kappa shape index (κ2) is 2.57. The van der Waals surface area contributed by atoms with Gasteiger partial charge in [-0.25, -0.2) is 4.79 Å². The van der Waals surface area contributed by atoms with E-state index in [1.165, 1.54) is 0 Å². The Morgan fingerprint density at radius 2 is 2.08 bits per heavy atom. The van der Waals surface area contributed by atoms with Crippen LogP contribution in [0.4, 0.5) is 0 Å². The maximum absolute atomic E-state index is 10.7. The zero-order valence-corrected chi connectivity index (χ0v) is 7.23. The predicted molar refractivity (Wildman–Crippen MR) is 46.3 cm³/mol. The summed E-state index contributed by atoms with van der Waals surface area (Å²) >= 11 is 0. The van der Waals surface area contributed by atoms with Gasteiger partial charge in [0.2, 0.25) is 0 Å². The minimum atomic E-state index is -1.01. The molecule has 0 saturated carbocycles. The summed E-state index contributed by atoms with van der Waals surface area (Å²) in [4.78, 5) is 10.7. The van der Waals surface area contributed by atoms with Gasteiger partial charge in [-0.15, -0.1) is 0 Å². The fourth-order valence-corrected chi connectivity index (χ4v) is 1.39. The standard InChI is InChI=1S/C10H10O3/c1-10(9(11)12)8(13-10)7-5-3-2-4-6-7/h2-6,8H,1H3,(H,11,12)/t8-,10-/m1/s1. The van der Waals surface area contributed by atoms with Gasteiger partial charge in [0.05, 0.1) is 0 Å². The van der Waals surface area contributed by atoms with Crippen LogP contribution in [-0.2, 0) is 9.53 Å². The van der Waals surface area contributed by atoms with Crippen LogP contribution in [0, 0.1) is 0 Å². The Kier molecular flexibility index (Phi) is 1.63. The molecule has 3 heteroatoms. The third-order valence-corrected chi connectivity index (χ3v) is 2.33. The maximum Gasteiger partial charge on any atom is 0.338 e. The maximum atomic E-state index is 10.7. The number of hydrogen-bond acceptors (Lipinski definition) is 2. The van der Waals surface area contributed by atoms with Crippen molar-refractivity contribution >= 4 is 5.97 Å². The van der Waals surface area contributed by atoms with Crippen molar-refractivity contribution in [2.45, 2.75) is 18.6 Å². The lowest BCUT2D eigenvalue weighted by Gasteiger charge is -1.98. The number of aliphatic carboxylic acids is 1. The topological polar surface area (TPSA) is 49.8 Å². The number of epoxide rings is 1. The summed E-state index contributed by atoms with van der Waals surface area (Å²) in [6.45, 7) is 1.59. The molecule has 0 amide bonds. The average Bonchev–Trinajstić information content (AvgIpc) is 2.81. The van der Waals surface area contributed by atoms with E-state index < -0.39 is 11.6 Å². The van der Waals surface area contributed by atoms with Crippen LogP contribution in [0.5, 0.6) is 0 Å². The molecule has 1 N–H and O–H groups in total. The second-order valence-corrected chi connectivity index (χ2v) is 3.32. The summed E-state index contributed by atoms with van der Waals surface area (Å²) in [5.74, 6) is -0.902. The number of ether oxygens (including phenoxy) is 1. The number of carbonyl (C=O) groups is 1. The van der Waals surface area contributed by atoms with E-state index in [2.05, 4.69) is 0 Å². The molecule has 0 bridgehead atoms. The molecule has 1 aliphatic rings. The van der Waals surface area contributed by atoms with E-state index in [0.29, 0.717) is 0 Å². The van der Waals surface area contributed by atoms with Gasteiger partial charge in [-0.05, 0) is 12.5 Å². The molecular formula is C10H10O3. The first kappa shape index (κ1) is 8.26. The van der Waals surface area contributed by atoms with E-state index in [1.807, 2.05) is 30.3 Å². The van der Waals surface area contributed by atoms with Crippen LogP contribution in [-0.4, -0.2) is 16.7 Å². The summed E-state index contributed by atoms with van der Waals surface area (Å²) in [5, 5.41) is 8.82. The SMILES string of the molecule is C[C@@]1(C(=O)O)O[C@@H]1c1ccccc1. The third kappa shape index (κ3) is 1.21. The Balaban J connectivity index is 2.21. The van der Waals surface area contributed by atoms with Gasteiger partial charge < -0.3 is 9.84 Å². The quantitative estimate of drug-likeness (QED) is 0.700. The number of benzene rings is 1. The van der Waals surface area contributed by atoms with Gasteiger partial charge in [-0.3, -0.25) is 0 Å². The molecule has 1 fully saturated rings. The van der Waals surface area contributed by atoms with Crippen molar-refractivity contribution in [1.29, 1.82) is 0 Å². The molecular weight excluding hydrogens is 168 g/mol. The number of carboxylic acid groups (broad SMARTS) is 1. The minimum Gasteiger partial charge on any atom is -0.479 e. The van der Waals surface area contributed by atoms with Crippen molar-refractivity contribution in [3.63, 3.8) is 0 Å². The lowest BCUT2D eigenvalue weighted by atomic mass is 10.0. The van der Waals surface area contributed by atoms with E-state index in [-0.39, 0.29) is 6.10 Å². The molecule has 0 aromatic heterocycles. The average molecular weight is 178 g/mol. The zero-order valence-electron chi connectivity index (χ0n) is 7.23. The number of carboxylic acids is 1. The smallest absolute Gasteiger partial charge is 0.338 e. The largest absolute Gasteiger partial charge is 0.479 e. The van der Waals surface area contributed by atoms with Crippen molar-refractivity contribution in [2.75, 3.05) is 0 Å². The van der Waals surface area contributed by atoms with Gasteiger partial charge in [0, 0.05) is 0 Å². The first-order chi connectivity index (χ1) is 6.14. The van der Waals surface area contributed by atoms with E-state index in [0.717, 1.165) is 5.56 Å². The lowest BCUT2D eigenvalue weighted by Crippen LogP contribution is -2.20. The Morgan fingerprint density at radius 3 is 2.54 bits per heavy atom. The first-order valence-corrected chi connectivity index (χ1v) is 4.11. The van der Waals surface area contributed by atoms with E-state index in [9.17, 15) is 4.79 Å². The molecule has 68 valence electrons. The molecule has 1 heterocycles. The summed E-state index contributed by atoms with van der Waals surface area (Å²) in [6.07, 6.45) is -0.286. The molecule has 1 aromatic carbocycles. The van der Waals surface area contributed by atoms with E-state index in [4.69, 9.17) is 9.84 Å². The van der Waals surface area contributed by atoms with Crippen LogP contribution in [0.25, 0.3) is 0 Å². The molecule has 0 spiro atoms. The molecule has 2 rings (SSSR count). The predicted octanol–water partition coefficient (Wildman–Crippen LogP) is 1.60. The van der Waals surface area contributed by atoms with Gasteiger partial charge >= 0.3 is 5.97 Å². The van der Waals surface area contributed by atoms with Gasteiger partial charge in [0.1, 0.15) is 6.10 Å². The molecule has 1 aromatic rings. The molecule has 13 heavy (non-hydrogen) atoms. The monoisotopic (exact) mass is 178 g/mol. The van der Waals surface area contributed by atoms with Crippen molar-refractivity contribution in [2.24, 2.45) is 0 Å². The highest BCUT2D eigenvalue weighted by Crippen LogP contribution is 2.49. The highest BCUT2D eigenvalue weighted by molar-refractivity contribution is 5.81. The Labute approximate surface area is 76.0 Å². The van der Waals surface area contributed by atoms with Crippen LogP contribution in [0.3, 0.4) is 0 Å². The molecule has 0 radical (unpaired) electrons. The van der Waals surface area contributed by atoms with Crippen LogP contribution in [0.15, 0.2) is 30.3 Å². The van der Waals surface area contributed by atoms with Crippen molar-refractivity contribution in [1.82, 2.24) is 0 Å². The molecule has 0 aliphatic carbocycles. The third-order valence-electron chi connectivity index (χ3n) is 2.33. The van der Waals surface area contributed by atoms with Gasteiger partial charge in [0.25, 0.3) is 0 Å². The molecule has 1 saturated heterocycles. The minimum absolute atomic E-state index is 0.286. The zero-order chi connectivity index (χ0) is 9.47. The number of rotatable bonds is 2. The van der Waals surface area contributed by atoms with Crippen molar-refractivity contribution in [3.8, 4) is 0 Å². The van der Waals surface area contributed by atoms with Crippen LogP contribution >= 0.6 is 0 Å². The Morgan fingerprint density at radius 1 is 1.46 bits per heavy atom. The lowest BCUT2D eigenvalue weighted by molar-refractivity contribution is -0.142. The first-order valence-electron chi connectivity index (χ1n) is 4.11. The highest BCUT2D eigenvalue weighted by Gasteiger charge is 2.59. The molecule has 0 unspecified atom stereocenters. The van der Waals surface area contributed by atoms with E-state index >= 15 is 0 Å². The van der Waals surface area contributed by atoms with Crippen molar-refractivity contribution < 1.29 is 14.6 Å². The summed E-state index contributed by atoms with van der Waals surface area (Å²) < 4.78 is 5.15.